The molecule has 1 aliphatic rings. The van der Waals surface area contributed by atoms with E-state index in [0.717, 1.165) is 24.3 Å². The van der Waals surface area contributed by atoms with E-state index in [-0.39, 0.29) is 17.3 Å². The van der Waals surface area contributed by atoms with Crippen molar-refractivity contribution in [2.75, 3.05) is 10.3 Å². The summed E-state index contributed by atoms with van der Waals surface area (Å²) < 4.78 is 40.6. The van der Waals surface area contributed by atoms with Crippen molar-refractivity contribution >= 4 is 44.7 Å². The number of carbonyl (C=O) groups is 2. The molecule has 0 aliphatic carbocycles. The summed E-state index contributed by atoms with van der Waals surface area (Å²) in [6.07, 6.45) is 19.1. The largest absolute Gasteiger partial charge is 0.456 e. The number of ether oxygens (including phenoxy) is 1. The zero-order valence-electron chi connectivity index (χ0n) is 30.5. The molecule has 280 valence electrons. The molecule has 3 aromatic rings. The minimum atomic E-state index is -4.73. The number of nitrogens with one attached hydrogen (secondary N) is 1. The molecule has 0 saturated heterocycles. The molecule has 0 bridgehead atoms. The fourth-order valence-corrected chi connectivity index (χ4v) is 6.76. The molecule has 12 heteroatoms. The fraction of sp³-hybridized carbons (Fsp3) is 0.475. The van der Waals surface area contributed by atoms with Gasteiger partial charge in [-0.25, -0.2) is 0 Å². The van der Waals surface area contributed by atoms with Crippen molar-refractivity contribution in [1.82, 2.24) is 0 Å². The second kappa shape index (κ2) is 21.2. The molecule has 3 aromatic carbocycles. The Bertz CT molecular complexity index is 1750. The molecule has 1 atom stereocenters. The van der Waals surface area contributed by atoms with Gasteiger partial charge < -0.3 is 10.1 Å². The first-order chi connectivity index (χ1) is 25.2. The van der Waals surface area contributed by atoms with Crippen molar-refractivity contribution in [3.8, 4) is 11.5 Å². The third kappa shape index (κ3) is 13.3. The molecule has 4 rings (SSSR count). The average Bonchev–Trinajstić information content (AvgIpc) is 3.43. The van der Waals surface area contributed by atoms with Crippen LogP contribution in [-0.4, -0.2) is 36.5 Å². The summed E-state index contributed by atoms with van der Waals surface area (Å²) in [5.41, 5.74) is 1.77. The molecule has 0 aromatic heterocycles. The SMILES string of the molecule is CCCCCCCCCCCCCCCCCC1=NN(c2ccc(Oc3ccccc3)c(S(=O)(=O)O)c2)C(=O)C1N=Nc1ccc(NC(C)=O)cc1. The van der Waals surface area contributed by atoms with Crippen LogP contribution in [-0.2, 0) is 19.7 Å². The van der Waals surface area contributed by atoms with E-state index in [2.05, 4.69) is 27.6 Å². The quantitative estimate of drug-likeness (QED) is 0.0563. The molecule has 0 radical (unpaired) electrons. The van der Waals surface area contributed by atoms with Crippen molar-refractivity contribution in [3.63, 3.8) is 0 Å². The highest BCUT2D eigenvalue weighted by Gasteiger charge is 2.37. The molecule has 0 fully saturated rings. The number of benzene rings is 3. The number of azo groups is 1. The lowest BCUT2D eigenvalue weighted by molar-refractivity contribution is -0.118. The van der Waals surface area contributed by atoms with Crippen LogP contribution in [0, 0.1) is 0 Å². The van der Waals surface area contributed by atoms with E-state index < -0.39 is 27.0 Å². The Hall–Kier alpha value is -4.42. The maximum atomic E-state index is 13.8. The van der Waals surface area contributed by atoms with Crippen molar-refractivity contribution in [3.05, 3.63) is 72.8 Å². The van der Waals surface area contributed by atoms with E-state index in [1.54, 1.807) is 54.6 Å². The first kappa shape index (κ1) is 40.4. The summed E-state index contributed by atoms with van der Waals surface area (Å²) in [7, 11) is -4.73. The Morgan fingerprint density at radius 2 is 1.40 bits per heavy atom. The van der Waals surface area contributed by atoms with Crippen LogP contribution >= 0.6 is 0 Å². The molecular weight excluding hydrogens is 679 g/mol. The number of anilines is 2. The Morgan fingerprint density at radius 3 is 1.96 bits per heavy atom. The van der Waals surface area contributed by atoms with Crippen LogP contribution in [0.2, 0.25) is 0 Å². The summed E-state index contributed by atoms with van der Waals surface area (Å²) in [5, 5.41) is 17.1. The summed E-state index contributed by atoms with van der Waals surface area (Å²) in [6.45, 7) is 3.68. The van der Waals surface area contributed by atoms with E-state index >= 15 is 0 Å². The summed E-state index contributed by atoms with van der Waals surface area (Å²) in [6, 6.07) is 18.4. The molecule has 0 saturated carbocycles. The van der Waals surface area contributed by atoms with Crippen LogP contribution in [0.3, 0.4) is 0 Å². The Balaban J connectivity index is 1.38. The van der Waals surface area contributed by atoms with Gasteiger partial charge in [-0.2, -0.15) is 28.8 Å². The van der Waals surface area contributed by atoms with Gasteiger partial charge in [-0.05, 0) is 67.4 Å². The molecule has 0 spiro atoms. The van der Waals surface area contributed by atoms with Gasteiger partial charge in [-0.3, -0.25) is 14.1 Å². The van der Waals surface area contributed by atoms with Gasteiger partial charge in [-0.1, -0.05) is 115 Å². The highest BCUT2D eigenvalue weighted by molar-refractivity contribution is 7.86. The second-order valence-corrected chi connectivity index (χ2v) is 14.7. The summed E-state index contributed by atoms with van der Waals surface area (Å²) in [4.78, 5) is 24.7. The predicted octanol–water partition coefficient (Wildman–Crippen LogP) is 10.8. The molecule has 2 amide bonds. The van der Waals surface area contributed by atoms with E-state index in [9.17, 15) is 22.6 Å². The first-order valence-corrected chi connectivity index (χ1v) is 20.1. The lowest BCUT2D eigenvalue weighted by Gasteiger charge is -2.15. The molecule has 1 heterocycles. The topological polar surface area (TPSA) is 150 Å². The van der Waals surface area contributed by atoms with E-state index in [1.807, 2.05) is 0 Å². The second-order valence-electron chi connectivity index (χ2n) is 13.3. The number of hydrazone groups is 1. The normalized spacial score (nSPS) is 14.6. The lowest BCUT2D eigenvalue weighted by Crippen LogP contribution is -2.30. The van der Waals surface area contributed by atoms with Gasteiger partial charge in [-0.15, -0.1) is 0 Å². The molecule has 2 N–H and O–H groups in total. The highest BCUT2D eigenvalue weighted by atomic mass is 32.2. The van der Waals surface area contributed by atoms with Gasteiger partial charge in [0.1, 0.15) is 16.4 Å². The number of rotatable bonds is 23. The van der Waals surface area contributed by atoms with Crippen LogP contribution in [0.25, 0.3) is 0 Å². The Labute approximate surface area is 308 Å². The Kier molecular flexibility index (Phi) is 16.4. The average molecular weight is 732 g/mol. The molecule has 11 nitrogen and oxygen atoms in total. The monoisotopic (exact) mass is 731 g/mol. The van der Waals surface area contributed by atoms with Gasteiger partial charge in [0.25, 0.3) is 16.0 Å². The van der Waals surface area contributed by atoms with Crippen LogP contribution in [0.5, 0.6) is 11.5 Å². The van der Waals surface area contributed by atoms with Crippen LogP contribution < -0.4 is 15.1 Å². The number of carbonyl (C=O) groups excluding carboxylic acids is 2. The van der Waals surface area contributed by atoms with Crippen molar-refractivity contribution < 1.29 is 27.3 Å². The summed E-state index contributed by atoms with van der Waals surface area (Å²) >= 11 is 0. The van der Waals surface area contributed by atoms with Crippen molar-refractivity contribution in [2.24, 2.45) is 15.3 Å². The highest BCUT2D eigenvalue weighted by Crippen LogP contribution is 2.34. The minimum Gasteiger partial charge on any atom is -0.456 e. The number of hydrogen-bond acceptors (Lipinski definition) is 8. The third-order valence-corrected chi connectivity index (χ3v) is 9.80. The van der Waals surface area contributed by atoms with Gasteiger partial charge >= 0.3 is 0 Å². The van der Waals surface area contributed by atoms with Crippen LogP contribution in [0.4, 0.5) is 17.1 Å². The number of hydrogen-bond donors (Lipinski definition) is 2. The van der Waals surface area contributed by atoms with Crippen molar-refractivity contribution in [1.29, 1.82) is 0 Å². The van der Waals surface area contributed by atoms with E-state index in [4.69, 9.17) is 4.74 Å². The third-order valence-electron chi connectivity index (χ3n) is 8.92. The minimum absolute atomic E-state index is 0.0925. The van der Waals surface area contributed by atoms with Gasteiger partial charge in [0.05, 0.1) is 17.1 Å². The maximum Gasteiger partial charge on any atom is 0.298 e. The number of unbranched alkanes of at least 4 members (excludes halogenated alkanes) is 14. The van der Waals surface area contributed by atoms with Gasteiger partial charge in [0.15, 0.2) is 6.04 Å². The summed E-state index contributed by atoms with van der Waals surface area (Å²) in [5.74, 6) is -0.396. The molecule has 1 aliphatic heterocycles. The van der Waals surface area contributed by atoms with E-state index in [1.165, 1.54) is 102 Å². The first-order valence-electron chi connectivity index (χ1n) is 18.7. The zero-order valence-corrected chi connectivity index (χ0v) is 31.3. The zero-order chi connectivity index (χ0) is 37.2. The molecule has 52 heavy (non-hydrogen) atoms. The maximum absolute atomic E-state index is 13.8. The van der Waals surface area contributed by atoms with E-state index in [0.29, 0.717) is 29.3 Å². The van der Waals surface area contributed by atoms with Gasteiger partial charge in [0, 0.05) is 12.6 Å². The van der Waals surface area contributed by atoms with Crippen LogP contribution in [0.1, 0.15) is 117 Å². The molecule has 1 unspecified atom stereocenters. The predicted molar refractivity (Wildman–Crippen MR) is 206 cm³/mol. The fourth-order valence-electron chi connectivity index (χ4n) is 6.12. The number of para-hydroxylation sites is 1. The van der Waals surface area contributed by atoms with Crippen LogP contribution in [0.15, 0.2) is 93.0 Å². The lowest BCUT2D eigenvalue weighted by atomic mass is 10.0. The van der Waals surface area contributed by atoms with Crippen molar-refractivity contribution in [2.45, 2.75) is 128 Å². The number of amides is 2. The van der Waals surface area contributed by atoms with Gasteiger partial charge in [0.2, 0.25) is 5.91 Å². The standard InChI is InChI=1S/C40H53N5O6S/c1-3-4-5-6-7-8-9-10-11-12-13-14-15-16-20-23-36-39(43-42-33-26-24-32(25-27-33)41-31(2)46)40(47)45(44-36)34-28-29-37(38(30-34)52(48,49)50)51-35-21-18-17-19-22-35/h17-19,21-22,24-30,39H,3-16,20,23H2,1-2H3,(H,41,46)(H,48,49,50). The number of nitrogens with zero attached hydrogens (tertiary/aromatic N) is 4. The Morgan fingerprint density at radius 1 is 0.827 bits per heavy atom. The smallest absolute Gasteiger partial charge is 0.298 e. The molecular formula is C40H53N5O6S.